The van der Waals surface area contributed by atoms with Crippen LogP contribution in [-0.2, 0) is 66.5 Å². The van der Waals surface area contributed by atoms with Gasteiger partial charge in [-0.05, 0) is 19.3 Å². The minimum atomic E-state index is -3.38. The Balaban J connectivity index is 1.41. The van der Waals surface area contributed by atoms with Crippen LogP contribution in [0.1, 0.15) is 201 Å². The predicted octanol–water partition coefficient (Wildman–Crippen LogP) is -1.82. The van der Waals surface area contributed by atoms with Crippen molar-refractivity contribution in [2.75, 3.05) is 39.6 Å². The van der Waals surface area contributed by atoms with Crippen LogP contribution in [0.5, 0.6) is 0 Å². The molecule has 34 heteroatoms. The topological polar surface area (TPSA) is 541 Å². The zero-order valence-corrected chi connectivity index (χ0v) is 61.4. The smallest absolute Gasteiger partial charge is 0.364 e. The van der Waals surface area contributed by atoms with Crippen LogP contribution in [0.4, 0.5) is 0 Å². The molecular formula is C71H127N3O31. The third kappa shape index (κ3) is 28.1. The Labute approximate surface area is 614 Å². The molecule has 5 aliphatic heterocycles. The molecule has 3 amide bonds. The number of rotatable bonds is 50. The summed E-state index contributed by atoms with van der Waals surface area (Å²) in [5, 5.41) is 197. The summed E-state index contributed by atoms with van der Waals surface area (Å²) in [4.78, 5) is 52.9. The van der Waals surface area contributed by atoms with Gasteiger partial charge >= 0.3 is 5.97 Å². The highest BCUT2D eigenvalue weighted by Gasteiger charge is 2.62. The highest BCUT2D eigenvalue weighted by molar-refractivity contribution is 5.77. The first-order valence-electron chi connectivity index (χ1n) is 38.1. The number of aliphatic hydroxyl groups excluding tert-OH is 16. The average molecular weight is 1520 g/mol. The molecule has 5 heterocycles. The van der Waals surface area contributed by atoms with Crippen LogP contribution < -0.4 is 16.0 Å². The Morgan fingerprint density at radius 2 is 0.943 bits per heavy atom. The SMILES string of the molecule is CCCCCCCCCCCCC/C=C/[C@@H](O)[C@H](CO[C@@H]1O[C@H](CO)[C@@H](O[C@@H]2O[C@H](CO)[C@H](O[C@@H]3O[C@H](CO)[C@H](O)[C@H](O[C@@H]4O[C@H](CO)[C@H](O)[C@H](O)[C@H]4O)[C@H]3NC(C)=O)[C@H](O[C@]3(C(=O)O)C[C@H](O)[C@@H](NC(C)=O)C([C@@H](O)[C@@H](O)CO)O3)[C@H]2O)[C@H](O)C1O)NC(=O)CCCCCCCCCCCCCCC. The molecule has 2 unspecified atom stereocenters. The lowest BCUT2D eigenvalue weighted by Crippen LogP contribution is -2.72. The largest absolute Gasteiger partial charge is 0.477 e. The van der Waals surface area contributed by atoms with Gasteiger partial charge in [-0.2, -0.15) is 0 Å². The number of allylic oxidation sites excluding steroid dienone is 1. The second-order valence-electron chi connectivity index (χ2n) is 28.6. The summed E-state index contributed by atoms with van der Waals surface area (Å²) in [6, 6.07) is -4.80. The first-order chi connectivity index (χ1) is 50.3. The average Bonchev–Trinajstić information content (AvgIpc) is 0.759. The van der Waals surface area contributed by atoms with E-state index in [-0.39, 0.29) is 12.3 Å². The first-order valence-corrected chi connectivity index (χ1v) is 38.1. The zero-order chi connectivity index (χ0) is 77.3. The monoisotopic (exact) mass is 1520 g/mol. The van der Waals surface area contributed by atoms with E-state index in [9.17, 15) is 106 Å². The minimum Gasteiger partial charge on any atom is -0.477 e. The first kappa shape index (κ1) is 92.2. The number of unbranched alkanes of at least 4 members (excludes halogenated alkanes) is 23. The highest BCUT2D eigenvalue weighted by Crippen LogP contribution is 2.41. The van der Waals surface area contributed by atoms with Crippen LogP contribution in [0.2, 0.25) is 0 Å². The number of carbonyl (C=O) groups is 4. The quantitative estimate of drug-likeness (QED) is 0.0235. The van der Waals surface area contributed by atoms with Gasteiger partial charge in [0.1, 0.15) is 116 Å². The third-order valence-corrected chi connectivity index (χ3v) is 20.1. The zero-order valence-electron chi connectivity index (χ0n) is 61.4. The second-order valence-corrected chi connectivity index (χ2v) is 28.6. The van der Waals surface area contributed by atoms with Gasteiger partial charge in [-0.25, -0.2) is 4.79 Å². The van der Waals surface area contributed by atoms with E-state index in [1.807, 2.05) is 6.08 Å². The molecule has 0 aromatic carbocycles. The molecular weight excluding hydrogens is 1390 g/mol. The number of nitrogens with one attached hydrogen (secondary N) is 3. The van der Waals surface area contributed by atoms with Gasteiger partial charge in [-0.1, -0.05) is 167 Å². The molecule has 0 spiro atoms. The number of carboxylic acid groups (broad SMARTS) is 1. The molecule has 5 fully saturated rings. The summed E-state index contributed by atoms with van der Waals surface area (Å²) in [5.41, 5.74) is 0. The summed E-state index contributed by atoms with van der Waals surface area (Å²) in [6.07, 6.45) is -19.5. The second kappa shape index (κ2) is 48.4. The molecule has 0 aliphatic carbocycles. The highest BCUT2D eigenvalue weighted by atomic mass is 16.8. The van der Waals surface area contributed by atoms with Crippen molar-refractivity contribution in [1.29, 1.82) is 0 Å². The van der Waals surface area contributed by atoms with Gasteiger partial charge in [-0.3, -0.25) is 14.4 Å². The maximum absolute atomic E-state index is 13.8. The van der Waals surface area contributed by atoms with Gasteiger partial charge in [-0.15, -0.1) is 0 Å². The number of aliphatic hydroxyl groups is 16. The molecule has 0 radical (unpaired) electrons. The van der Waals surface area contributed by atoms with Crippen LogP contribution in [0.25, 0.3) is 0 Å². The summed E-state index contributed by atoms with van der Waals surface area (Å²) >= 11 is 0. The molecule has 105 heavy (non-hydrogen) atoms. The van der Waals surface area contributed by atoms with Crippen molar-refractivity contribution in [2.45, 2.75) is 372 Å². The van der Waals surface area contributed by atoms with Gasteiger partial charge in [0.05, 0.1) is 63.9 Å². The molecule has 0 bridgehead atoms. The molecule has 28 atom stereocenters. The number of ether oxygens (including phenoxy) is 10. The van der Waals surface area contributed by atoms with E-state index in [1.165, 1.54) is 96.0 Å². The lowest BCUT2D eigenvalue weighted by molar-refractivity contribution is -0.403. The normalized spacial score (nSPS) is 35.0. The van der Waals surface area contributed by atoms with Crippen molar-refractivity contribution in [2.24, 2.45) is 0 Å². The van der Waals surface area contributed by atoms with E-state index in [4.69, 9.17) is 47.4 Å². The molecule has 0 saturated carbocycles. The summed E-state index contributed by atoms with van der Waals surface area (Å²) in [5.74, 6) is -7.71. The summed E-state index contributed by atoms with van der Waals surface area (Å²) in [7, 11) is 0. The van der Waals surface area contributed by atoms with E-state index in [1.54, 1.807) is 0 Å². The lowest BCUT2D eigenvalue weighted by atomic mass is 9.88. The van der Waals surface area contributed by atoms with Crippen LogP contribution in [0, 0.1) is 0 Å². The Kier molecular flexibility index (Phi) is 42.5. The van der Waals surface area contributed by atoms with Gasteiger partial charge in [0.25, 0.3) is 5.79 Å². The van der Waals surface area contributed by atoms with Gasteiger partial charge in [0, 0.05) is 26.7 Å². The number of carbonyl (C=O) groups excluding carboxylic acids is 3. The lowest BCUT2D eigenvalue weighted by Gasteiger charge is -2.52. The molecule has 0 aromatic rings. The Bertz CT molecular complexity index is 2460. The fourth-order valence-electron chi connectivity index (χ4n) is 14.0. The van der Waals surface area contributed by atoms with E-state index >= 15 is 0 Å². The standard InChI is InChI=1S/C71H127N3O31/c1-5-7-9-11-13-15-17-19-21-23-25-27-29-31-43(82)42(74-50(85)32-30-28-26-24-22-20-18-16-14-12-10-8-6-2)39-96-67-59(92)57(90)61(48(37-78)99-67)101-69-60(93)65(105-71(70(94)95)33-44(83)51(72-40(3)80)64(104-71)53(86)45(84)34-75)62(49(38-79)100-69)102-66-52(73-41(4)81)63(55(88)47(36-77)97-66)103-68-58(91)56(89)54(87)46(35-76)98-68/h29,31,42-49,51-69,75-79,82-84,86-93H,5-28,30,32-39H2,1-4H3,(H,72,80)(H,73,81)(H,74,85)(H,94,95)/b31-29+/t42-,43+,44-,45-,46+,47+,48+,49+,51+,52+,53-,54-,55-,56-,57+,58+,59?,60+,61+,62-,63+,64?,65+,66-,67+,68-,69-,71-/m0/s1. The number of amides is 3. The maximum atomic E-state index is 13.8. The Morgan fingerprint density at radius 3 is 1.47 bits per heavy atom. The van der Waals surface area contributed by atoms with Crippen molar-refractivity contribution in [1.82, 2.24) is 16.0 Å². The molecule has 612 valence electrons. The molecule has 5 saturated heterocycles. The van der Waals surface area contributed by atoms with E-state index < -0.39 is 235 Å². The third-order valence-electron chi connectivity index (χ3n) is 20.1. The van der Waals surface area contributed by atoms with E-state index in [0.29, 0.717) is 12.8 Å². The van der Waals surface area contributed by atoms with Crippen molar-refractivity contribution in [3.05, 3.63) is 12.2 Å². The number of hydrogen-bond acceptors (Lipinski definition) is 30. The van der Waals surface area contributed by atoms with Crippen LogP contribution >= 0.6 is 0 Å². The molecule has 20 N–H and O–H groups in total. The van der Waals surface area contributed by atoms with Gasteiger partial charge < -0.3 is 150 Å². The predicted molar refractivity (Wildman–Crippen MR) is 369 cm³/mol. The van der Waals surface area contributed by atoms with E-state index in [0.717, 1.165) is 71.6 Å². The van der Waals surface area contributed by atoms with Crippen molar-refractivity contribution >= 4 is 23.7 Å². The summed E-state index contributed by atoms with van der Waals surface area (Å²) < 4.78 is 60.0. The number of hydrogen-bond donors (Lipinski definition) is 20. The maximum Gasteiger partial charge on any atom is 0.364 e. The minimum absolute atomic E-state index is 0.134. The molecule has 0 aromatic heterocycles. The van der Waals surface area contributed by atoms with Crippen molar-refractivity contribution in [3.8, 4) is 0 Å². The fourth-order valence-corrected chi connectivity index (χ4v) is 14.0. The number of aliphatic carboxylic acids is 1. The molecule has 5 aliphatic rings. The van der Waals surface area contributed by atoms with Crippen LogP contribution in [0.15, 0.2) is 12.2 Å². The van der Waals surface area contributed by atoms with Crippen molar-refractivity contribution in [3.63, 3.8) is 0 Å². The Hall–Kier alpha value is -3.42. The Morgan fingerprint density at radius 1 is 0.495 bits per heavy atom. The molecule has 34 nitrogen and oxygen atoms in total. The summed E-state index contributed by atoms with van der Waals surface area (Å²) in [6.45, 7) is 0.299. The van der Waals surface area contributed by atoms with Gasteiger partial charge in [0.2, 0.25) is 17.7 Å². The van der Waals surface area contributed by atoms with Crippen LogP contribution in [-0.4, -0.2) is 321 Å². The van der Waals surface area contributed by atoms with Gasteiger partial charge in [0.15, 0.2) is 25.2 Å². The number of carboxylic acids is 1. The van der Waals surface area contributed by atoms with Crippen molar-refractivity contribution < 1.29 is 153 Å². The molecule has 5 rings (SSSR count). The van der Waals surface area contributed by atoms with E-state index in [2.05, 4.69) is 29.8 Å². The van der Waals surface area contributed by atoms with Crippen LogP contribution in [0.3, 0.4) is 0 Å². The fraction of sp³-hybridized carbons (Fsp3) is 0.915.